The monoisotopic (exact) mass is 352 g/mol. The second-order valence-corrected chi connectivity index (χ2v) is 6.75. The first-order chi connectivity index (χ1) is 11.3. The van der Waals surface area contributed by atoms with E-state index in [4.69, 9.17) is 4.74 Å². The fourth-order valence-corrected chi connectivity index (χ4v) is 3.24. The average Bonchev–Trinajstić information content (AvgIpc) is 2.53. The third-order valence-electron chi connectivity index (χ3n) is 3.22. The number of amides is 1. The van der Waals surface area contributed by atoms with Crippen LogP contribution in [0.15, 0.2) is 47.4 Å². The Morgan fingerprint density at radius 2 is 1.83 bits per heavy atom. The van der Waals surface area contributed by atoms with E-state index in [0.717, 1.165) is 18.2 Å². The van der Waals surface area contributed by atoms with E-state index in [9.17, 15) is 17.6 Å². The first-order valence-electron chi connectivity index (χ1n) is 7.01. The topological polar surface area (TPSA) is 84.5 Å². The second kappa shape index (κ2) is 7.41. The van der Waals surface area contributed by atoms with Crippen molar-refractivity contribution in [1.29, 1.82) is 0 Å². The molecule has 128 valence electrons. The number of halogens is 1. The van der Waals surface area contributed by atoms with Gasteiger partial charge in [0, 0.05) is 5.69 Å². The molecule has 0 heterocycles. The molecule has 0 atom stereocenters. The van der Waals surface area contributed by atoms with Crippen molar-refractivity contribution in [2.75, 3.05) is 19.0 Å². The fourth-order valence-electron chi connectivity index (χ4n) is 2.03. The summed E-state index contributed by atoms with van der Waals surface area (Å²) in [6.07, 6.45) is 0. The molecule has 6 nitrogen and oxygen atoms in total. The molecule has 0 saturated carbocycles. The van der Waals surface area contributed by atoms with Gasteiger partial charge in [-0.05, 0) is 55.0 Å². The normalized spacial score (nSPS) is 11.1. The van der Waals surface area contributed by atoms with Crippen LogP contribution in [-0.4, -0.2) is 28.0 Å². The van der Waals surface area contributed by atoms with Crippen molar-refractivity contribution in [3.05, 3.63) is 53.8 Å². The molecule has 0 aliphatic heterocycles. The molecule has 1 amide bonds. The molecule has 2 N–H and O–H groups in total. The van der Waals surface area contributed by atoms with Crippen molar-refractivity contribution in [3.8, 4) is 5.75 Å². The van der Waals surface area contributed by atoms with Gasteiger partial charge >= 0.3 is 0 Å². The maximum atomic E-state index is 13.1. The highest BCUT2D eigenvalue weighted by atomic mass is 32.2. The molecule has 0 aliphatic carbocycles. The lowest BCUT2D eigenvalue weighted by molar-refractivity contribution is -0.115. The van der Waals surface area contributed by atoms with Crippen molar-refractivity contribution in [3.63, 3.8) is 0 Å². The van der Waals surface area contributed by atoms with Gasteiger partial charge in [-0.25, -0.2) is 17.5 Å². The van der Waals surface area contributed by atoms with E-state index >= 15 is 0 Å². The van der Waals surface area contributed by atoms with Crippen molar-refractivity contribution < 1.29 is 22.3 Å². The molecule has 0 radical (unpaired) electrons. The molecule has 0 fully saturated rings. The van der Waals surface area contributed by atoms with Crippen molar-refractivity contribution in [2.45, 2.75) is 11.8 Å². The van der Waals surface area contributed by atoms with Crippen molar-refractivity contribution in [1.82, 2.24) is 4.72 Å². The summed E-state index contributed by atoms with van der Waals surface area (Å²) < 4.78 is 44.6. The van der Waals surface area contributed by atoms with Crippen molar-refractivity contribution >= 4 is 21.6 Å². The summed E-state index contributed by atoms with van der Waals surface area (Å²) in [5, 5.41) is 2.56. The lowest BCUT2D eigenvalue weighted by Crippen LogP contribution is -2.33. The van der Waals surface area contributed by atoms with Gasteiger partial charge in [0.15, 0.2) is 0 Å². The lowest BCUT2D eigenvalue weighted by atomic mass is 10.2. The van der Waals surface area contributed by atoms with E-state index < -0.39 is 28.3 Å². The zero-order valence-electron chi connectivity index (χ0n) is 13.2. The zero-order valence-corrected chi connectivity index (χ0v) is 14.0. The molecule has 2 rings (SSSR count). The highest BCUT2D eigenvalue weighted by Gasteiger charge is 2.18. The number of anilines is 1. The van der Waals surface area contributed by atoms with Crippen LogP contribution in [0, 0.1) is 12.7 Å². The summed E-state index contributed by atoms with van der Waals surface area (Å²) in [5.41, 5.74) is 0.774. The summed E-state index contributed by atoms with van der Waals surface area (Å²) in [6.45, 7) is 1.04. The summed E-state index contributed by atoms with van der Waals surface area (Å²) in [7, 11) is -2.38. The number of carbonyl (C=O) groups excluding carboxylic acids is 1. The minimum atomic E-state index is -3.90. The van der Waals surface area contributed by atoms with Gasteiger partial charge in [0.05, 0.1) is 18.6 Å². The molecule has 0 bridgehead atoms. The first-order valence-corrected chi connectivity index (χ1v) is 8.50. The van der Waals surface area contributed by atoms with E-state index in [0.29, 0.717) is 11.4 Å². The van der Waals surface area contributed by atoms with E-state index in [1.165, 1.54) is 14.0 Å². The van der Waals surface area contributed by atoms with Gasteiger partial charge in [0.1, 0.15) is 11.6 Å². The maximum Gasteiger partial charge on any atom is 0.241 e. The smallest absolute Gasteiger partial charge is 0.241 e. The minimum absolute atomic E-state index is 0.0684. The Morgan fingerprint density at radius 3 is 2.42 bits per heavy atom. The van der Waals surface area contributed by atoms with Crippen LogP contribution in [0.25, 0.3) is 0 Å². The molecule has 0 saturated heterocycles. The predicted molar refractivity (Wildman–Crippen MR) is 87.9 cm³/mol. The Kier molecular flexibility index (Phi) is 5.53. The number of benzene rings is 2. The number of nitrogens with one attached hydrogen (secondary N) is 2. The Balaban J connectivity index is 1.99. The SMILES string of the molecule is COc1ccc(NC(=O)CNS(=O)(=O)c2ccc(F)cc2C)cc1. The number of carbonyl (C=O) groups is 1. The highest BCUT2D eigenvalue weighted by Crippen LogP contribution is 2.16. The number of ether oxygens (including phenoxy) is 1. The molecular formula is C16H17FN2O4S. The summed E-state index contributed by atoms with van der Waals surface area (Å²) >= 11 is 0. The third kappa shape index (κ3) is 4.53. The number of sulfonamides is 1. The number of hydrogen-bond acceptors (Lipinski definition) is 4. The average molecular weight is 352 g/mol. The first kappa shape index (κ1) is 17.9. The van der Waals surface area contributed by atoms with Gasteiger partial charge in [-0.3, -0.25) is 4.79 Å². The molecular weight excluding hydrogens is 335 g/mol. The molecule has 8 heteroatoms. The van der Waals surface area contributed by atoms with Crippen molar-refractivity contribution in [2.24, 2.45) is 0 Å². The molecule has 0 aliphatic rings. The molecule has 2 aromatic carbocycles. The second-order valence-electron chi connectivity index (χ2n) is 5.01. The Hall–Kier alpha value is -2.45. The lowest BCUT2D eigenvalue weighted by Gasteiger charge is -2.10. The minimum Gasteiger partial charge on any atom is -0.497 e. The van der Waals surface area contributed by atoms with Crippen LogP contribution in [0.1, 0.15) is 5.56 Å². The summed E-state index contributed by atoms with van der Waals surface area (Å²) in [4.78, 5) is 11.8. The van der Waals surface area contributed by atoms with Crippen LogP contribution in [0.2, 0.25) is 0 Å². The molecule has 2 aromatic rings. The molecule has 24 heavy (non-hydrogen) atoms. The van der Waals surface area contributed by atoms with Gasteiger partial charge in [0.2, 0.25) is 15.9 Å². The van der Waals surface area contributed by atoms with E-state index in [1.807, 2.05) is 0 Å². The quantitative estimate of drug-likeness (QED) is 0.833. The molecule has 0 unspecified atom stereocenters. The Bertz CT molecular complexity index is 836. The largest absolute Gasteiger partial charge is 0.497 e. The predicted octanol–water partition coefficient (Wildman–Crippen LogP) is 2.06. The summed E-state index contributed by atoms with van der Waals surface area (Å²) in [5.74, 6) is -0.410. The maximum absolute atomic E-state index is 13.1. The number of rotatable bonds is 6. The van der Waals surface area contributed by atoms with Gasteiger partial charge in [-0.15, -0.1) is 0 Å². The van der Waals surface area contributed by atoms with E-state index in [1.54, 1.807) is 24.3 Å². The van der Waals surface area contributed by atoms with Gasteiger partial charge in [-0.1, -0.05) is 0 Å². The fraction of sp³-hybridized carbons (Fsp3) is 0.188. The van der Waals surface area contributed by atoms with Crippen LogP contribution < -0.4 is 14.8 Å². The molecule has 0 spiro atoms. The van der Waals surface area contributed by atoms with Crippen LogP contribution in [-0.2, 0) is 14.8 Å². The molecule has 0 aromatic heterocycles. The van der Waals surface area contributed by atoms with Gasteiger partial charge < -0.3 is 10.1 Å². The number of hydrogen-bond donors (Lipinski definition) is 2. The van der Waals surface area contributed by atoms with E-state index in [2.05, 4.69) is 10.0 Å². The van der Waals surface area contributed by atoms with Crippen LogP contribution in [0.3, 0.4) is 0 Å². The van der Waals surface area contributed by atoms with Crippen LogP contribution in [0.4, 0.5) is 10.1 Å². The van der Waals surface area contributed by atoms with Crippen LogP contribution >= 0.6 is 0 Å². The van der Waals surface area contributed by atoms with Gasteiger partial charge in [-0.2, -0.15) is 0 Å². The summed E-state index contributed by atoms with van der Waals surface area (Å²) in [6, 6.07) is 9.94. The third-order valence-corrected chi connectivity index (χ3v) is 4.78. The highest BCUT2D eigenvalue weighted by molar-refractivity contribution is 7.89. The van der Waals surface area contributed by atoms with E-state index in [-0.39, 0.29) is 10.5 Å². The standard InChI is InChI=1S/C16H17FN2O4S/c1-11-9-12(17)3-8-15(11)24(21,22)18-10-16(20)19-13-4-6-14(23-2)7-5-13/h3-9,18H,10H2,1-2H3,(H,19,20). The van der Waals surface area contributed by atoms with Crippen LogP contribution in [0.5, 0.6) is 5.75 Å². The number of methoxy groups -OCH3 is 1. The Labute approximate surface area is 139 Å². The van der Waals surface area contributed by atoms with Gasteiger partial charge in [0.25, 0.3) is 0 Å². The number of aryl methyl sites for hydroxylation is 1. The Morgan fingerprint density at radius 1 is 1.17 bits per heavy atom. The zero-order chi connectivity index (χ0) is 17.7.